The third kappa shape index (κ3) is 1.77. The van der Waals surface area contributed by atoms with Crippen LogP contribution in [0.1, 0.15) is 11.6 Å². The highest BCUT2D eigenvalue weighted by atomic mass is 16.4. The molecule has 0 aliphatic carbocycles. The van der Waals surface area contributed by atoms with Crippen molar-refractivity contribution in [3.05, 3.63) is 48.0 Å². The van der Waals surface area contributed by atoms with Crippen molar-refractivity contribution in [3.8, 4) is 0 Å². The Kier molecular flexibility index (Phi) is 2.88. The molecule has 0 aliphatic rings. The van der Waals surface area contributed by atoms with E-state index in [1.165, 1.54) is 0 Å². The Labute approximate surface area is 93.7 Å². The summed E-state index contributed by atoms with van der Waals surface area (Å²) >= 11 is 0. The topological polar surface area (TPSA) is 49.3 Å². The number of benzene rings is 2. The Morgan fingerprint density at radius 3 is 2.56 bits per heavy atom. The largest absolute Gasteiger partial charge is 0.480 e. The molecular weight excluding hydrogens is 202 g/mol. The first-order valence-electron chi connectivity index (χ1n) is 5.12. The number of fused-ring (bicyclic) bond motifs is 1. The van der Waals surface area contributed by atoms with Crippen molar-refractivity contribution in [2.45, 2.75) is 6.04 Å². The SMILES string of the molecule is CNC(C(=O)O)c1cccc2ccccc12. The summed E-state index contributed by atoms with van der Waals surface area (Å²) in [4.78, 5) is 11.1. The minimum absolute atomic E-state index is 0.661. The maximum Gasteiger partial charge on any atom is 0.325 e. The molecule has 82 valence electrons. The van der Waals surface area contributed by atoms with E-state index in [-0.39, 0.29) is 0 Å². The number of carboxylic acid groups (broad SMARTS) is 1. The van der Waals surface area contributed by atoms with Crippen LogP contribution in [0.4, 0.5) is 0 Å². The van der Waals surface area contributed by atoms with Gasteiger partial charge >= 0.3 is 5.97 Å². The molecule has 1 unspecified atom stereocenters. The molecule has 0 saturated carbocycles. The molecule has 0 radical (unpaired) electrons. The van der Waals surface area contributed by atoms with Crippen molar-refractivity contribution in [2.75, 3.05) is 7.05 Å². The van der Waals surface area contributed by atoms with Crippen molar-refractivity contribution in [1.82, 2.24) is 5.32 Å². The number of carbonyl (C=O) groups is 1. The molecule has 3 heteroatoms. The Morgan fingerprint density at radius 1 is 1.19 bits per heavy atom. The number of hydrogen-bond donors (Lipinski definition) is 2. The minimum Gasteiger partial charge on any atom is -0.480 e. The highest BCUT2D eigenvalue weighted by Gasteiger charge is 2.18. The average Bonchev–Trinajstić information content (AvgIpc) is 2.30. The van der Waals surface area contributed by atoms with E-state index in [1.54, 1.807) is 7.05 Å². The van der Waals surface area contributed by atoms with Crippen LogP contribution in [-0.2, 0) is 4.79 Å². The van der Waals surface area contributed by atoms with Gasteiger partial charge in [-0.2, -0.15) is 0 Å². The molecule has 0 spiro atoms. The third-order valence-electron chi connectivity index (χ3n) is 2.67. The summed E-state index contributed by atoms with van der Waals surface area (Å²) in [6.07, 6.45) is 0. The van der Waals surface area contributed by atoms with E-state index in [2.05, 4.69) is 5.32 Å². The molecule has 3 nitrogen and oxygen atoms in total. The first-order chi connectivity index (χ1) is 7.74. The Balaban J connectivity index is 2.63. The van der Waals surface area contributed by atoms with E-state index < -0.39 is 12.0 Å². The van der Waals surface area contributed by atoms with Crippen molar-refractivity contribution in [3.63, 3.8) is 0 Å². The van der Waals surface area contributed by atoms with E-state index in [0.29, 0.717) is 0 Å². The van der Waals surface area contributed by atoms with Gasteiger partial charge in [0.1, 0.15) is 6.04 Å². The van der Waals surface area contributed by atoms with Gasteiger partial charge in [-0.05, 0) is 23.4 Å². The lowest BCUT2D eigenvalue weighted by molar-refractivity contribution is -0.139. The molecule has 16 heavy (non-hydrogen) atoms. The number of likely N-dealkylation sites (N-methyl/N-ethyl adjacent to an activating group) is 1. The average molecular weight is 215 g/mol. The monoisotopic (exact) mass is 215 g/mol. The van der Waals surface area contributed by atoms with Gasteiger partial charge in [-0.3, -0.25) is 4.79 Å². The lowest BCUT2D eigenvalue weighted by atomic mass is 9.99. The van der Waals surface area contributed by atoms with Crippen molar-refractivity contribution < 1.29 is 9.90 Å². The van der Waals surface area contributed by atoms with Crippen molar-refractivity contribution >= 4 is 16.7 Å². The molecule has 0 fully saturated rings. The maximum atomic E-state index is 11.1. The molecule has 2 N–H and O–H groups in total. The van der Waals surface area contributed by atoms with Crippen LogP contribution in [0, 0.1) is 0 Å². The summed E-state index contributed by atoms with van der Waals surface area (Å²) in [6, 6.07) is 12.8. The van der Waals surface area contributed by atoms with Crippen LogP contribution < -0.4 is 5.32 Å². The van der Waals surface area contributed by atoms with Gasteiger partial charge in [0.05, 0.1) is 0 Å². The Bertz CT molecular complexity index is 517. The van der Waals surface area contributed by atoms with E-state index in [9.17, 15) is 4.79 Å². The second-order valence-electron chi connectivity index (χ2n) is 3.63. The van der Waals surface area contributed by atoms with Crippen LogP contribution in [0.2, 0.25) is 0 Å². The van der Waals surface area contributed by atoms with Crippen molar-refractivity contribution in [2.24, 2.45) is 0 Å². The molecule has 2 aromatic carbocycles. The van der Waals surface area contributed by atoms with Gasteiger partial charge in [0.2, 0.25) is 0 Å². The maximum absolute atomic E-state index is 11.1. The van der Waals surface area contributed by atoms with Gasteiger partial charge in [0, 0.05) is 0 Å². The fourth-order valence-corrected chi connectivity index (χ4v) is 1.91. The summed E-state index contributed by atoms with van der Waals surface area (Å²) in [7, 11) is 1.65. The number of carboxylic acids is 1. The zero-order valence-corrected chi connectivity index (χ0v) is 8.97. The van der Waals surface area contributed by atoms with Crippen LogP contribution in [0.3, 0.4) is 0 Å². The summed E-state index contributed by atoms with van der Waals surface area (Å²) in [6.45, 7) is 0. The Morgan fingerprint density at radius 2 is 1.88 bits per heavy atom. The Hall–Kier alpha value is -1.87. The van der Waals surface area contributed by atoms with E-state index in [1.807, 2.05) is 42.5 Å². The zero-order chi connectivity index (χ0) is 11.5. The minimum atomic E-state index is -0.862. The number of rotatable bonds is 3. The predicted octanol–water partition coefficient (Wildman–Crippen LogP) is 2.18. The van der Waals surface area contributed by atoms with Gasteiger partial charge < -0.3 is 10.4 Å². The summed E-state index contributed by atoms with van der Waals surface area (Å²) in [5.41, 5.74) is 0.799. The highest BCUT2D eigenvalue weighted by Crippen LogP contribution is 2.24. The van der Waals surface area contributed by atoms with Crippen LogP contribution in [0.15, 0.2) is 42.5 Å². The van der Waals surface area contributed by atoms with Gasteiger partial charge in [-0.1, -0.05) is 42.5 Å². The third-order valence-corrected chi connectivity index (χ3v) is 2.67. The number of aliphatic carboxylic acids is 1. The van der Waals surface area contributed by atoms with Gasteiger partial charge in [0.25, 0.3) is 0 Å². The smallest absolute Gasteiger partial charge is 0.325 e. The summed E-state index contributed by atoms with van der Waals surface area (Å²) in [5.74, 6) is -0.862. The summed E-state index contributed by atoms with van der Waals surface area (Å²) in [5, 5.41) is 14.0. The lowest BCUT2D eigenvalue weighted by Crippen LogP contribution is -2.25. The van der Waals surface area contributed by atoms with Crippen LogP contribution >= 0.6 is 0 Å². The lowest BCUT2D eigenvalue weighted by Gasteiger charge is -2.14. The molecular formula is C13H13NO2. The molecule has 0 aliphatic heterocycles. The number of nitrogens with one attached hydrogen (secondary N) is 1. The molecule has 0 saturated heterocycles. The molecule has 1 atom stereocenters. The van der Waals surface area contributed by atoms with Crippen LogP contribution in [0.25, 0.3) is 10.8 Å². The molecule has 0 aromatic heterocycles. The zero-order valence-electron chi connectivity index (χ0n) is 8.97. The van der Waals surface area contributed by atoms with E-state index in [4.69, 9.17) is 5.11 Å². The second-order valence-corrected chi connectivity index (χ2v) is 3.63. The van der Waals surface area contributed by atoms with Gasteiger partial charge in [-0.25, -0.2) is 0 Å². The molecule has 2 aromatic rings. The van der Waals surface area contributed by atoms with Crippen molar-refractivity contribution in [1.29, 1.82) is 0 Å². The number of hydrogen-bond acceptors (Lipinski definition) is 2. The quantitative estimate of drug-likeness (QED) is 0.825. The van der Waals surface area contributed by atoms with E-state index in [0.717, 1.165) is 16.3 Å². The first-order valence-corrected chi connectivity index (χ1v) is 5.12. The fourth-order valence-electron chi connectivity index (χ4n) is 1.91. The fraction of sp³-hybridized carbons (Fsp3) is 0.154. The molecule has 0 bridgehead atoms. The van der Waals surface area contributed by atoms with Crippen LogP contribution in [0.5, 0.6) is 0 Å². The highest BCUT2D eigenvalue weighted by molar-refractivity contribution is 5.90. The molecule has 2 rings (SSSR count). The van der Waals surface area contributed by atoms with Gasteiger partial charge in [0.15, 0.2) is 0 Å². The normalized spacial score (nSPS) is 12.6. The molecule has 0 heterocycles. The van der Waals surface area contributed by atoms with E-state index >= 15 is 0 Å². The second kappa shape index (κ2) is 4.33. The standard InChI is InChI=1S/C13H13NO2/c1-14-12(13(15)16)11-8-4-6-9-5-2-3-7-10(9)11/h2-8,12,14H,1H3,(H,15,16). The first kappa shape index (κ1) is 10.6. The predicted molar refractivity (Wildman–Crippen MR) is 63.4 cm³/mol. The van der Waals surface area contributed by atoms with Crippen LogP contribution in [-0.4, -0.2) is 18.1 Å². The van der Waals surface area contributed by atoms with Gasteiger partial charge in [-0.15, -0.1) is 0 Å². The molecule has 0 amide bonds. The summed E-state index contributed by atoms with van der Waals surface area (Å²) < 4.78 is 0.